The van der Waals surface area contributed by atoms with Gasteiger partial charge < -0.3 is 24.4 Å². The quantitative estimate of drug-likeness (QED) is 0.0219. The summed E-state index contributed by atoms with van der Waals surface area (Å²) < 4.78 is 63.4. The van der Waals surface area contributed by atoms with Crippen molar-refractivity contribution < 1.29 is 50.7 Å². The van der Waals surface area contributed by atoms with E-state index in [4.69, 9.17) is 35.2 Å². The molecule has 2 aromatic carbocycles. The van der Waals surface area contributed by atoms with Crippen molar-refractivity contribution in [2.45, 2.75) is 82.6 Å². The Balaban J connectivity index is 0.000000318. The van der Waals surface area contributed by atoms with Crippen molar-refractivity contribution in [3.63, 3.8) is 0 Å². The van der Waals surface area contributed by atoms with E-state index in [1.807, 2.05) is 51.5 Å². The first-order valence-corrected chi connectivity index (χ1v) is 26.9. The van der Waals surface area contributed by atoms with Crippen molar-refractivity contribution in [2.24, 2.45) is 15.4 Å². The molecular formula is C50H65N14O10S3+. The molecular weight excluding hydrogens is 1050 g/mol. The maximum Gasteiger partial charge on any atom is 0.441 e. The predicted molar refractivity (Wildman–Crippen MR) is 293 cm³/mol. The first kappa shape index (κ1) is 63.4. The Hall–Kier alpha value is -7.87. The number of para-hydroxylation sites is 1. The maximum absolute atomic E-state index is 14.2. The molecule has 4 aromatic heterocycles. The van der Waals surface area contributed by atoms with E-state index < -0.39 is 36.3 Å². The van der Waals surface area contributed by atoms with Crippen LogP contribution in [0.1, 0.15) is 94.1 Å². The van der Waals surface area contributed by atoms with Crippen molar-refractivity contribution in [2.75, 3.05) is 33.8 Å². The molecule has 1 aliphatic heterocycles. The molecule has 0 spiro atoms. The average molecular weight is 1120 g/mol. The van der Waals surface area contributed by atoms with Crippen LogP contribution in [0.5, 0.6) is 23.0 Å². The zero-order chi connectivity index (χ0) is 56.3. The van der Waals surface area contributed by atoms with Crippen LogP contribution < -0.4 is 46.1 Å². The number of amides is 2. The van der Waals surface area contributed by atoms with Gasteiger partial charge in [0.25, 0.3) is 21.7 Å². The summed E-state index contributed by atoms with van der Waals surface area (Å²) >= 11 is 1.03. The molecule has 0 radical (unpaired) electrons. The molecule has 5 atom stereocenters. The molecule has 0 saturated heterocycles. The molecule has 9 N–H and O–H groups in total. The van der Waals surface area contributed by atoms with Gasteiger partial charge in [-0.2, -0.15) is 14.9 Å². The van der Waals surface area contributed by atoms with E-state index in [1.165, 1.54) is 30.7 Å². The van der Waals surface area contributed by atoms with Gasteiger partial charge in [-0.05, 0) is 116 Å². The van der Waals surface area contributed by atoms with E-state index in [1.54, 1.807) is 115 Å². The van der Waals surface area contributed by atoms with E-state index >= 15 is 0 Å². The van der Waals surface area contributed by atoms with Crippen LogP contribution in [0.3, 0.4) is 0 Å². The molecule has 1 aliphatic rings. The highest BCUT2D eigenvalue weighted by Gasteiger charge is 2.46. The van der Waals surface area contributed by atoms with Gasteiger partial charge in [0.2, 0.25) is 10.0 Å². The van der Waals surface area contributed by atoms with Gasteiger partial charge in [0.15, 0.2) is 17.2 Å². The van der Waals surface area contributed by atoms with Crippen molar-refractivity contribution in [1.29, 1.82) is 5.26 Å². The van der Waals surface area contributed by atoms with Crippen LogP contribution in [-0.4, -0.2) is 109 Å². The molecule has 412 valence electrons. The molecule has 6 aromatic rings. The number of aromatic nitrogens is 6. The summed E-state index contributed by atoms with van der Waals surface area (Å²) in [5.74, 6) is 7.02. The number of guanidine groups is 1. The number of pyridine rings is 2. The zero-order valence-electron chi connectivity index (χ0n) is 44.6. The van der Waals surface area contributed by atoms with Gasteiger partial charge in [0.1, 0.15) is 33.4 Å². The minimum Gasteiger partial charge on any atom is -0.495 e. The number of carbonyl (C=O) groups excluding carboxylic acids is 2. The highest BCUT2D eigenvalue weighted by molar-refractivity contribution is 8.04. The summed E-state index contributed by atoms with van der Waals surface area (Å²) in [7, 11) is -0.494. The van der Waals surface area contributed by atoms with Gasteiger partial charge in [-0.1, -0.05) is 26.0 Å². The number of aryl methyl sites for hydroxylation is 4. The molecule has 0 saturated carbocycles. The number of benzene rings is 2. The van der Waals surface area contributed by atoms with E-state index in [2.05, 4.69) is 45.0 Å². The number of carbonyl (C=O) groups is 2. The number of anilines is 1. The van der Waals surface area contributed by atoms with Gasteiger partial charge in [-0.3, -0.25) is 25.0 Å². The largest absolute Gasteiger partial charge is 0.495 e. The summed E-state index contributed by atoms with van der Waals surface area (Å²) in [6.07, 6.45) is 13.0. The van der Waals surface area contributed by atoms with Crippen molar-refractivity contribution >= 4 is 55.2 Å². The Labute approximate surface area is 453 Å². The number of hydrazine groups is 2. The van der Waals surface area contributed by atoms with E-state index in [-0.39, 0.29) is 29.2 Å². The van der Waals surface area contributed by atoms with Gasteiger partial charge in [-0.25, -0.2) is 44.7 Å². The van der Waals surface area contributed by atoms with Gasteiger partial charge in [0, 0.05) is 65.8 Å². The lowest BCUT2D eigenvalue weighted by Gasteiger charge is -2.25. The number of methoxy groups -OCH3 is 4. The third-order valence-corrected chi connectivity index (χ3v) is 16.0. The smallest absolute Gasteiger partial charge is 0.441 e. The number of rotatable bonds is 15. The molecule has 7 rings (SSSR count). The van der Waals surface area contributed by atoms with Crippen LogP contribution in [0.4, 0.5) is 5.69 Å². The lowest BCUT2D eigenvalue weighted by atomic mass is 10.1. The van der Waals surface area contributed by atoms with Crippen LogP contribution >= 0.6 is 11.8 Å². The number of hydrogen-bond donors (Lipinski definition) is 5. The SMILES string of the molecule is COc1cccc(OC)c1NC1=NS(=O)([C@@H](C)[C@H](C)c2ncc(C)cn2)=[N+]1NC(=O)c1cncc(C)c1.COc1cccc(OC)c1SC#N.Cc1cnc([C@@H](C)[C@H](C)S(N)(=O)=O)nc1.Cc1cncc(C(=O)NN)c1.O. The first-order chi connectivity index (χ1) is 36.1. The number of nitrogen functional groups attached to an aromatic ring is 1. The number of thioether (sulfide) groups is 1. The minimum atomic E-state index is -3.54. The minimum absolute atomic E-state index is 0. The highest BCUT2D eigenvalue weighted by Crippen LogP contribution is 2.37. The van der Waals surface area contributed by atoms with Crippen LogP contribution in [0.2, 0.25) is 0 Å². The lowest BCUT2D eigenvalue weighted by molar-refractivity contribution is -0.445. The summed E-state index contributed by atoms with van der Waals surface area (Å²) in [5, 5.41) is 17.5. The molecule has 0 bridgehead atoms. The molecule has 27 heteroatoms. The van der Waals surface area contributed by atoms with E-state index in [9.17, 15) is 22.2 Å². The van der Waals surface area contributed by atoms with Crippen LogP contribution in [-0.2, 0) is 19.9 Å². The maximum atomic E-state index is 14.2. The first-order valence-electron chi connectivity index (χ1n) is 23.0. The van der Waals surface area contributed by atoms with E-state index in [0.717, 1.165) is 38.9 Å². The van der Waals surface area contributed by atoms with Gasteiger partial charge in [-0.15, -0.1) is 0 Å². The predicted octanol–water partition coefficient (Wildman–Crippen LogP) is 5.23. The fraction of sp³-hybridized carbons (Fsp3) is 0.320. The Morgan fingerprint density at radius 3 is 1.52 bits per heavy atom. The lowest BCUT2D eigenvalue weighted by Crippen LogP contribution is -2.53. The fourth-order valence-corrected chi connectivity index (χ4v) is 9.96. The number of hydrogen-bond acceptors (Lipinski definition) is 19. The number of thiocyanates is 1. The van der Waals surface area contributed by atoms with Crippen LogP contribution in [0.15, 0.2) is 107 Å². The second-order valence-corrected chi connectivity index (χ2v) is 21.9. The Morgan fingerprint density at radius 2 is 1.12 bits per heavy atom. The fourth-order valence-electron chi connectivity index (χ4n) is 6.63. The molecule has 0 aliphatic carbocycles. The number of nitrogens with one attached hydrogen (secondary N) is 3. The summed E-state index contributed by atoms with van der Waals surface area (Å²) in [4.78, 5) is 49.7. The second kappa shape index (κ2) is 29.4. The zero-order valence-corrected chi connectivity index (χ0v) is 47.1. The molecule has 5 heterocycles. The average Bonchev–Trinajstić information content (AvgIpc) is 3.41. The Bertz CT molecular complexity index is 3240. The third kappa shape index (κ3) is 17.1. The number of primary sulfonamides is 1. The summed E-state index contributed by atoms with van der Waals surface area (Å²) in [6.45, 7) is 14.5. The second-order valence-electron chi connectivity index (χ2n) is 16.8. The van der Waals surface area contributed by atoms with Crippen molar-refractivity contribution in [1.82, 2.24) is 40.8 Å². The highest BCUT2D eigenvalue weighted by atomic mass is 32.2. The monoisotopic (exact) mass is 1120 g/mol. The van der Waals surface area contributed by atoms with Gasteiger partial charge >= 0.3 is 5.96 Å². The number of nitriles is 1. The number of sulfonamides is 1. The molecule has 0 fully saturated rings. The van der Waals surface area contributed by atoms with Gasteiger partial charge in [0.05, 0.1) is 50.1 Å². The topological polar surface area (TPSA) is 358 Å². The van der Waals surface area contributed by atoms with E-state index in [0.29, 0.717) is 51.5 Å². The Morgan fingerprint density at radius 1 is 0.688 bits per heavy atom. The van der Waals surface area contributed by atoms with Crippen LogP contribution in [0, 0.1) is 38.4 Å². The normalized spacial score (nSPS) is 14.7. The molecule has 77 heavy (non-hydrogen) atoms. The molecule has 1 unspecified atom stereocenters. The standard InChI is InChI=1S/C25H29N7O4S.C9H15N3O2S.C9H9NO2S.C7H9N3O.H2O/c1-15-10-19(14-26-11-15)24(33)30-32-25(29-22-20(35-5)8-7-9-21(22)36-6)31-37(32,34)18(4)17(3)23-27-12-16(2)13-28-23;1-6-4-11-9(12-5-6)7(2)8(3)15(10,13)14;1-11-7-4-3-5-8(12-2)9(7)13-6-10;1-5-2-6(4-9-3-5)7(11)10-8;/h7-14,17-18H,1-6H3,(H,30,33);4-5,7-8H,1-3H3,(H2,10,13,14);3-5H,1-2H3;2-4H,8H2,1H3,(H,10,11);1H2/p+1/t17-,18-,37?;7-,8-;;;/m00.../s1. The number of nitrogens with zero attached hydrogens (tertiary/aromatic N) is 9. The number of ether oxygens (including phenoxy) is 4. The summed E-state index contributed by atoms with van der Waals surface area (Å²) in [5.41, 5.74) is 9.69. The number of nitrogens with two attached hydrogens (primary N) is 2. The van der Waals surface area contributed by atoms with Crippen molar-refractivity contribution in [3.05, 3.63) is 143 Å². The third-order valence-electron chi connectivity index (χ3n) is 11.3. The molecule has 24 nitrogen and oxygen atoms in total. The molecule has 2 amide bonds. The Kier molecular flexibility index (Phi) is 24.2. The summed E-state index contributed by atoms with van der Waals surface area (Å²) in [6, 6.07) is 14.1. The van der Waals surface area contributed by atoms with Crippen LogP contribution in [0.25, 0.3) is 0 Å². The van der Waals surface area contributed by atoms with Crippen molar-refractivity contribution in [3.8, 4) is 28.4 Å².